The molecule has 1 aliphatic rings. The lowest BCUT2D eigenvalue weighted by atomic mass is 10.1. The second-order valence-corrected chi connectivity index (χ2v) is 2.83. The molecule has 0 aromatic carbocycles. The summed E-state index contributed by atoms with van der Waals surface area (Å²) in [5.41, 5.74) is 0. The zero-order chi connectivity index (χ0) is 8.10. The lowest BCUT2D eigenvalue weighted by Crippen LogP contribution is -2.06. The molecule has 11 heavy (non-hydrogen) atoms. The second-order valence-electron chi connectivity index (χ2n) is 2.83. The molecule has 2 heteroatoms. The fourth-order valence-electron chi connectivity index (χ4n) is 1.16. The van der Waals surface area contributed by atoms with Crippen LogP contribution in [0.25, 0.3) is 0 Å². The van der Waals surface area contributed by atoms with Gasteiger partial charge in [0, 0.05) is 6.08 Å². The number of rotatable bonds is 4. The fraction of sp³-hybridized carbons (Fsp3) is 0.667. The number of carbonyl (C=O) groups excluding carboxylic acids is 1. The summed E-state index contributed by atoms with van der Waals surface area (Å²) in [4.78, 5) is 10.6. The van der Waals surface area contributed by atoms with Gasteiger partial charge in [0.05, 0.1) is 0 Å². The summed E-state index contributed by atoms with van der Waals surface area (Å²) >= 11 is 0. The minimum Gasteiger partial charge on any atom is -0.455 e. The predicted molar refractivity (Wildman–Crippen MR) is 43.2 cm³/mol. The van der Waals surface area contributed by atoms with E-state index in [-0.39, 0.29) is 12.1 Å². The molecule has 0 saturated carbocycles. The summed E-state index contributed by atoms with van der Waals surface area (Å²) in [5, 5.41) is 0. The van der Waals surface area contributed by atoms with E-state index in [0.29, 0.717) is 0 Å². The van der Waals surface area contributed by atoms with E-state index in [9.17, 15) is 4.79 Å². The quantitative estimate of drug-likeness (QED) is 0.457. The van der Waals surface area contributed by atoms with Crippen LogP contribution in [0, 0.1) is 0 Å². The molecule has 1 aliphatic heterocycles. The molecular weight excluding hydrogens is 140 g/mol. The summed E-state index contributed by atoms with van der Waals surface area (Å²) < 4.78 is 4.96. The van der Waals surface area contributed by atoms with Gasteiger partial charge in [0.2, 0.25) is 0 Å². The van der Waals surface area contributed by atoms with Gasteiger partial charge in [0.15, 0.2) is 0 Å². The molecular formula is C9H14O2. The van der Waals surface area contributed by atoms with Gasteiger partial charge in [-0.2, -0.15) is 0 Å². The lowest BCUT2D eigenvalue weighted by molar-refractivity contribution is -0.138. The highest BCUT2D eigenvalue weighted by Gasteiger charge is 2.14. The van der Waals surface area contributed by atoms with Crippen LogP contribution in [0.3, 0.4) is 0 Å². The Morgan fingerprint density at radius 2 is 2.36 bits per heavy atom. The monoisotopic (exact) mass is 154 g/mol. The number of cyclic esters (lactones) is 1. The first-order chi connectivity index (χ1) is 5.33. The number of unbranched alkanes of at least 4 members (excludes halogenated alkanes) is 2. The largest absolute Gasteiger partial charge is 0.455 e. The Morgan fingerprint density at radius 1 is 1.55 bits per heavy atom. The maximum Gasteiger partial charge on any atom is 0.331 e. The summed E-state index contributed by atoms with van der Waals surface area (Å²) in [7, 11) is 0. The van der Waals surface area contributed by atoms with Crippen molar-refractivity contribution in [2.45, 2.75) is 38.7 Å². The minimum atomic E-state index is -0.188. The highest BCUT2D eigenvalue weighted by Crippen LogP contribution is 2.12. The normalized spacial score (nSPS) is 22.3. The van der Waals surface area contributed by atoms with Crippen LogP contribution >= 0.6 is 0 Å². The molecule has 0 amide bonds. The van der Waals surface area contributed by atoms with Gasteiger partial charge >= 0.3 is 5.97 Å². The third-order valence-corrected chi connectivity index (χ3v) is 1.81. The van der Waals surface area contributed by atoms with Gasteiger partial charge in [-0.25, -0.2) is 4.79 Å². The topological polar surface area (TPSA) is 26.3 Å². The van der Waals surface area contributed by atoms with Crippen LogP contribution in [0.4, 0.5) is 0 Å². The van der Waals surface area contributed by atoms with Gasteiger partial charge in [0.25, 0.3) is 0 Å². The van der Waals surface area contributed by atoms with Crippen molar-refractivity contribution in [3.63, 3.8) is 0 Å². The SMILES string of the molecule is CCCCCC1C=CC(=O)O1. The zero-order valence-corrected chi connectivity index (χ0v) is 6.88. The molecule has 0 bridgehead atoms. The van der Waals surface area contributed by atoms with E-state index < -0.39 is 0 Å². The van der Waals surface area contributed by atoms with Gasteiger partial charge in [-0.15, -0.1) is 0 Å². The van der Waals surface area contributed by atoms with Crippen molar-refractivity contribution in [3.05, 3.63) is 12.2 Å². The van der Waals surface area contributed by atoms with Crippen molar-refractivity contribution in [1.82, 2.24) is 0 Å². The van der Waals surface area contributed by atoms with Crippen molar-refractivity contribution >= 4 is 5.97 Å². The van der Waals surface area contributed by atoms with Crippen molar-refractivity contribution in [1.29, 1.82) is 0 Å². The predicted octanol–water partition coefficient (Wildman–Crippen LogP) is 2.05. The Hall–Kier alpha value is -0.790. The number of ether oxygens (including phenoxy) is 1. The highest BCUT2D eigenvalue weighted by molar-refractivity contribution is 5.84. The molecule has 1 atom stereocenters. The van der Waals surface area contributed by atoms with Crippen LogP contribution in [-0.2, 0) is 9.53 Å². The standard InChI is InChI=1S/C9H14O2/c1-2-3-4-5-8-6-7-9(10)11-8/h6-8H,2-5H2,1H3. The van der Waals surface area contributed by atoms with Crippen molar-refractivity contribution in [2.24, 2.45) is 0 Å². The van der Waals surface area contributed by atoms with E-state index in [1.54, 1.807) is 0 Å². The first-order valence-electron chi connectivity index (χ1n) is 4.21. The van der Waals surface area contributed by atoms with Crippen molar-refractivity contribution < 1.29 is 9.53 Å². The van der Waals surface area contributed by atoms with E-state index in [0.717, 1.165) is 12.8 Å². The van der Waals surface area contributed by atoms with Crippen LogP contribution in [-0.4, -0.2) is 12.1 Å². The molecule has 0 fully saturated rings. The summed E-state index contributed by atoms with van der Waals surface area (Å²) in [5.74, 6) is -0.188. The Bertz CT molecular complexity index is 161. The van der Waals surface area contributed by atoms with Crippen LogP contribution in [0.1, 0.15) is 32.6 Å². The van der Waals surface area contributed by atoms with E-state index >= 15 is 0 Å². The van der Waals surface area contributed by atoms with Crippen LogP contribution in [0.15, 0.2) is 12.2 Å². The third-order valence-electron chi connectivity index (χ3n) is 1.81. The number of hydrogen-bond donors (Lipinski definition) is 0. The number of carbonyl (C=O) groups is 1. The van der Waals surface area contributed by atoms with Gasteiger partial charge < -0.3 is 4.74 Å². The van der Waals surface area contributed by atoms with Crippen LogP contribution in [0.5, 0.6) is 0 Å². The van der Waals surface area contributed by atoms with Gasteiger partial charge in [-0.05, 0) is 18.9 Å². The Balaban J connectivity index is 2.09. The van der Waals surface area contributed by atoms with E-state index in [1.165, 1.54) is 18.9 Å². The fourth-order valence-corrected chi connectivity index (χ4v) is 1.16. The van der Waals surface area contributed by atoms with Crippen molar-refractivity contribution in [2.75, 3.05) is 0 Å². The molecule has 0 radical (unpaired) electrons. The van der Waals surface area contributed by atoms with E-state index in [4.69, 9.17) is 4.74 Å². The van der Waals surface area contributed by atoms with Gasteiger partial charge in [0.1, 0.15) is 6.10 Å². The molecule has 0 spiro atoms. The van der Waals surface area contributed by atoms with Gasteiger partial charge in [-0.1, -0.05) is 19.8 Å². The average Bonchev–Trinajstić information content (AvgIpc) is 2.37. The lowest BCUT2D eigenvalue weighted by Gasteiger charge is -2.06. The maximum atomic E-state index is 10.6. The zero-order valence-electron chi connectivity index (χ0n) is 6.88. The molecule has 62 valence electrons. The summed E-state index contributed by atoms with van der Waals surface area (Å²) in [6.45, 7) is 2.16. The first kappa shape index (κ1) is 8.31. The molecule has 1 unspecified atom stereocenters. The molecule has 1 heterocycles. The molecule has 0 aliphatic carbocycles. The summed E-state index contributed by atoms with van der Waals surface area (Å²) in [6, 6.07) is 0. The number of esters is 1. The molecule has 0 aromatic rings. The maximum absolute atomic E-state index is 10.6. The third kappa shape index (κ3) is 2.74. The van der Waals surface area contributed by atoms with Crippen LogP contribution < -0.4 is 0 Å². The Kier molecular flexibility index (Phi) is 3.14. The first-order valence-corrected chi connectivity index (χ1v) is 4.21. The van der Waals surface area contributed by atoms with Crippen molar-refractivity contribution in [3.8, 4) is 0 Å². The Labute approximate surface area is 67.2 Å². The Morgan fingerprint density at radius 3 is 2.91 bits per heavy atom. The molecule has 0 saturated heterocycles. The minimum absolute atomic E-state index is 0.0639. The van der Waals surface area contributed by atoms with E-state index in [2.05, 4.69) is 6.92 Å². The summed E-state index contributed by atoms with van der Waals surface area (Å²) in [6.07, 6.45) is 7.99. The number of hydrogen-bond acceptors (Lipinski definition) is 2. The second kappa shape index (κ2) is 4.16. The van der Waals surface area contributed by atoms with Gasteiger partial charge in [-0.3, -0.25) is 0 Å². The smallest absolute Gasteiger partial charge is 0.331 e. The molecule has 0 N–H and O–H groups in total. The molecule has 1 rings (SSSR count). The average molecular weight is 154 g/mol. The molecule has 2 nitrogen and oxygen atoms in total. The van der Waals surface area contributed by atoms with Crippen LogP contribution in [0.2, 0.25) is 0 Å². The van der Waals surface area contributed by atoms with E-state index in [1.807, 2.05) is 6.08 Å². The highest BCUT2D eigenvalue weighted by atomic mass is 16.5. The molecule has 0 aromatic heterocycles.